The third-order valence-corrected chi connectivity index (χ3v) is 8.18. The molecule has 0 saturated carbocycles. The van der Waals surface area contributed by atoms with E-state index in [1.54, 1.807) is 69.4 Å². The highest BCUT2D eigenvalue weighted by Crippen LogP contribution is 2.30. The number of terminal acetylenes is 1. The molecule has 0 aliphatic carbocycles. The van der Waals surface area contributed by atoms with Gasteiger partial charge in [-0.05, 0) is 122 Å². The second-order valence-electron chi connectivity index (χ2n) is 6.31. The summed E-state index contributed by atoms with van der Waals surface area (Å²) in [6.07, 6.45) is 5.42. The molecule has 0 aliphatic heterocycles. The Hall–Kier alpha value is -1.74. The van der Waals surface area contributed by atoms with E-state index in [1.807, 2.05) is 0 Å². The van der Waals surface area contributed by atoms with Gasteiger partial charge in [-0.2, -0.15) is 0 Å². The highest BCUT2D eigenvalue weighted by molar-refractivity contribution is 14.1. The van der Waals surface area contributed by atoms with Crippen LogP contribution in [0.2, 0.25) is 0 Å². The van der Waals surface area contributed by atoms with Crippen LogP contribution in [0.25, 0.3) is 0 Å². The fraction of sp³-hybridized carbons (Fsp3) is 0. The standard InChI is InChI=1S/C22H11I3O7S/c1-2-12-3-8-16(21(26)31-14-6-4-13(23)5-7-14)17(9-12)22(27)32-15-10-18(24)20(19(25)11-15)33(28,29)30/h1,3-11H,(H,28,29,30)/p-1. The number of ether oxygens (including phenoxy) is 2. The highest BCUT2D eigenvalue weighted by atomic mass is 127. The first-order valence-electron chi connectivity index (χ1n) is 8.75. The Morgan fingerprint density at radius 3 is 1.91 bits per heavy atom. The SMILES string of the molecule is C#Cc1ccc(C(=O)Oc2ccc(I)cc2)c(C(=O)Oc2cc(I)c(S(=O)(=O)[O-])c(I)c2)c1. The Kier molecular flexibility index (Phi) is 8.37. The van der Waals surface area contributed by atoms with Gasteiger partial charge in [-0.15, -0.1) is 6.42 Å². The summed E-state index contributed by atoms with van der Waals surface area (Å²) in [6.45, 7) is 0. The van der Waals surface area contributed by atoms with Gasteiger partial charge < -0.3 is 14.0 Å². The van der Waals surface area contributed by atoms with Gasteiger partial charge in [0.1, 0.15) is 21.6 Å². The molecule has 0 radical (unpaired) electrons. The summed E-state index contributed by atoms with van der Waals surface area (Å²) in [5.74, 6) is 0.968. The second-order valence-corrected chi connectivity index (χ2v) is 11.2. The number of hydrogen-bond donors (Lipinski definition) is 0. The number of benzene rings is 3. The number of carbonyl (C=O) groups excluding carboxylic acids is 2. The lowest BCUT2D eigenvalue weighted by atomic mass is 10.0. The van der Waals surface area contributed by atoms with Crippen LogP contribution in [-0.2, 0) is 10.1 Å². The van der Waals surface area contributed by atoms with Crippen molar-refractivity contribution in [3.63, 3.8) is 0 Å². The molecule has 0 unspecified atom stereocenters. The Balaban J connectivity index is 1.95. The molecule has 0 atom stereocenters. The zero-order valence-corrected chi connectivity index (χ0v) is 23.5. The van der Waals surface area contributed by atoms with Crippen LogP contribution in [0.3, 0.4) is 0 Å². The van der Waals surface area contributed by atoms with Crippen molar-refractivity contribution in [2.75, 3.05) is 0 Å². The van der Waals surface area contributed by atoms with E-state index in [-0.39, 0.29) is 24.0 Å². The maximum atomic E-state index is 12.9. The number of carbonyl (C=O) groups is 2. The van der Waals surface area contributed by atoms with Crippen LogP contribution in [0.5, 0.6) is 11.5 Å². The molecule has 0 amide bonds. The first-order valence-corrected chi connectivity index (χ1v) is 13.4. The molecule has 0 bridgehead atoms. The quantitative estimate of drug-likeness (QED) is 0.120. The maximum Gasteiger partial charge on any atom is 0.344 e. The molecule has 0 aliphatic rings. The molecule has 3 aromatic rings. The van der Waals surface area contributed by atoms with Crippen LogP contribution in [0.15, 0.2) is 59.5 Å². The van der Waals surface area contributed by atoms with Crippen molar-refractivity contribution in [3.8, 4) is 23.8 Å². The third-order valence-electron chi connectivity index (χ3n) is 4.08. The predicted octanol–water partition coefficient (Wildman–Crippen LogP) is 4.82. The van der Waals surface area contributed by atoms with E-state index in [0.717, 1.165) is 3.57 Å². The Labute approximate surface area is 230 Å². The van der Waals surface area contributed by atoms with Crippen molar-refractivity contribution in [1.82, 2.24) is 0 Å². The van der Waals surface area contributed by atoms with E-state index in [0.29, 0.717) is 11.3 Å². The Morgan fingerprint density at radius 2 is 1.36 bits per heavy atom. The summed E-state index contributed by atoms with van der Waals surface area (Å²) in [7, 11) is -4.71. The van der Waals surface area contributed by atoms with Crippen LogP contribution in [-0.4, -0.2) is 24.9 Å². The number of esters is 2. The fourth-order valence-corrected chi connectivity index (χ4v) is 6.93. The van der Waals surface area contributed by atoms with Crippen molar-refractivity contribution >= 4 is 89.8 Å². The molecule has 0 N–H and O–H groups in total. The minimum absolute atomic E-state index is 0.00994. The molecule has 3 aromatic carbocycles. The van der Waals surface area contributed by atoms with E-state index in [1.165, 1.54) is 30.3 Å². The summed E-state index contributed by atoms with van der Waals surface area (Å²) >= 11 is 5.44. The van der Waals surface area contributed by atoms with Gasteiger partial charge in [-0.1, -0.05) is 5.92 Å². The molecule has 0 heterocycles. The van der Waals surface area contributed by atoms with Crippen LogP contribution < -0.4 is 9.47 Å². The van der Waals surface area contributed by atoms with Crippen LogP contribution in [0.4, 0.5) is 0 Å². The molecule has 0 aromatic heterocycles. The van der Waals surface area contributed by atoms with Crippen LogP contribution in [0, 0.1) is 23.1 Å². The molecule has 33 heavy (non-hydrogen) atoms. The smallest absolute Gasteiger partial charge is 0.344 e. The van der Waals surface area contributed by atoms with Gasteiger partial charge in [0.15, 0.2) is 0 Å². The molecule has 168 valence electrons. The van der Waals surface area contributed by atoms with E-state index < -0.39 is 27.0 Å². The van der Waals surface area contributed by atoms with E-state index >= 15 is 0 Å². The van der Waals surface area contributed by atoms with Gasteiger partial charge in [-0.3, -0.25) is 0 Å². The molecule has 0 saturated heterocycles. The minimum atomic E-state index is -4.71. The van der Waals surface area contributed by atoms with Crippen molar-refractivity contribution in [3.05, 3.63) is 82.0 Å². The monoisotopic (exact) mass is 799 g/mol. The third kappa shape index (κ3) is 6.44. The lowest BCUT2D eigenvalue weighted by molar-refractivity contribution is 0.0692. The summed E-state index contributed by atoms with van der Waals surface area (Å²) in [4.78, 5) is 25.3. The largest absolute Gasteiger partial charge is 0.744 e. The molecule has 0 fully saturated rings. The average Bonchev–Trinajstić information content (AvgIpc) is 2.73. The molecule has 3 rings (SSSR count). The lowest BCUT2D eigenvalue weighted by Gasteiger charge is -2.14. The first kappa shape index (κ1) is 25.9. The van der Waals surface area contributed by atoms with Gasteiger partial charge in [-0.25, -0.2) is 18.0 Å². The van der Waals surface area contributed by atoms with Gasteiger partial charge in [0.05, 0.1) is 16.0 Å². The molecule has 7 nitrogen and oxygen atoms in total. The molecular formula is C22H10I3O7S-. The van der Waals surface area contributed by atoms with E-state index in [2.05, 4.69) is 28.5 Å². The van der Waals surface area contributed by atoms with Gasteiger partial charge >= 0.3 is 11.9 Å². The summed E-state index contributed by atoms with van der Waals surface area (Å²) in [5.41, 5.74) is 0.136. The lowest BCUT2D eigenvalue weighted by Crippen LogP contribution is -2.18. The van der Waals surface area contributed by atoms with Gasteiger partial charge in [0, 0.05) is 16.3 Å². The first-order chi connectivity index (χ1) is 15.5. The summed E-state index contributed by atoms with van der Waals surface area (Å²) < 4.78 is 46.2. The zero-order chi connectivity index (χ0) is 24.3. The van der Waals surface area contributed by atoms with Gasteiger partial charge in [0.25, 0.3) is 0 Å². The predicted molar refractivity (Wildman–Crippen MR) is 143 cm³/mol. The fourth-order valence-electron chi connectivity index (χ4n) is 2.64. The van der Waals surface area contributed by atoms with Gasteiger partial charge in [0.2, 0.25) is 0 Å². The molecule has 11 heteroatoms. The average molecular weight is 799 g/mol. The molecule has 0 spiro atoms. The minimum Gasteiger partial charge on any atom is -0.744 e. The highest BCUT2D eigenvalue weighted by Gasteiger charge is 2.22. The normalized spacial score (nSPS) is 10.9. The van der Waals surface area contributed by atoms with Crippen LogP contribution >= 0.6 is 67.8 Å². The second kappa shape index (κ2) is 10.7. The van der Waals surface area contributed by atoms with E-state index in [4.69, 9.17) is 15.9 Å². The van der Waals surface area contributed by atoms with Crippen molar-refractivity contribution < 1.29 is 32.0 Å². The van der Waals surface area contributed by atoms with Crippen molar-refractivity contribution in [2.45, 2.75) is 4.90 Å². The maximum absolute atomic E-state index is 12.9. The van der Waals surface area contributed by atoms with Crippen molar-refractivity contribution in [2.24, 2.45) is 0 Å². The Bertz CT molecular complexity index is 1390. The zero-order valence-electron chi connectivity index (χ0n) is 16.2. The number of rotatable bonds is 5. The number of hydrogen-bond acceptors (Lipinski definition) is 7. The van der Waals surface area contributed by atoms with E-state index in [9.17, 15) is 22.6 Å². The number of halogens is 3. The topological polar surface area (TPSA) is 110 Å². The Morgan fingerprint density at radius 1 is 0.818 bits per heavy atom. The molecular weight excluding hydrogens is 789 g/mol. The summed E-state index contributed by atoms with van der Waals surface area (Å²) in [6, 6.07) is 13.4. The summed E-state index contributed by atoms with van der Waals surface area (Å²) in [5, 5.41) is 0. The van der Waals surface area contributed by atoms with Crippen molar-refractivity contribution in [1.29, 1.82) is 0 Å². The van der Waals surface area contributed by atoms with Crippen LogP contribution in [0.1, 0.15) is 26.3 Å².